The monoisotopic (exact) mass is 314 g/mol. The maximum Gasteiger partial charge on any atom is 0.137 e. The average Bonchev–Trinajstić information content (AvgIpc) is 3.17. The molecule has 1 aliphatic rings. The summed E-state index contributed by atoms with van der Waals surface area (Å²) in [5.41, 5.74) is 1.77. The number of hydrogen-bond donors (Lipinski definition) is 1. The van der Waals surface area contributed by atoms with Gasteiger partial charge in [-0.15, -0.1) is 0 Å². The van der Waals surface area contributed by atoms with E-state index in [9.17, 15) is 0 Å². The average molecular weight is 315 g/mol. The maximum absolute atomic E-state index is 6.21. The molecule has 22 heavy (non-hydrogen) atoms. The number of aromatic nitrogens is 2. The van der Waals surface area contributed by atoms with E-state index in [1.165, 1.54) is 0 Å². The minimum absolute atomic E-state index is 0.350. The molecule has 0 fully saturated rings. The number of aliphatic imine (C=N–C) groups is 1. The van der Waals surface area contributed by atoms with Crippen LogP contribution in [-0.2, 0) is 5.54 Å². The number of imidazole rings is 1. The molecule has 1 aromatic carbocycles. The van der Waals surface area contributed by atoms with Crippen LogP contribution in [0.3, 0.4) is 0 Å². The van der Waals surface area contributed by atoms with Crippen LogP contribution in [0.15, 0.2) is 47.7 Å². The highest BCUT2D eigenvalue weighted by atomic mass is 35.5. The second-order valence-corrected chi connectivity index (χ2v) is 6.18. The SMILES string of the molecule is CN(C)CCC1(c2ccc(Cl)cc2-c2ncc[nH]2)C=CC=N1. The van der Waals surface area contributed by atoms with E-state index in [4.69, 9.17) is 16.6 Å². The van der Waals surface area contributed by atoms with Gasteiger partial charge in [-0.2, -0.15) is 0 Å². The van der Waals surface area contributed by atoms with Crippen LogP contribution in [0.1, 0.15) is 12.0 Å². The van der Waals surface area contributed by atoms with E-state index >= 15 is 0 Å². The van der Waals surface area contributed by atoms with Crippen molar-refractivity contribution >= 4 is 17.8 Å². The topological polar surface area (TPSA) is 44.3 Å². The fourth-order valence-corrected chi connectivity index (χ4v) is 2.93. The highest BCUT2D eigenvalue weighted by Crippen LogP contribution is 2.40. The molecule has 0 saturated carbocycles. The summed E-state index contributed by atoms with van der Waals surface area (Å²) in [7, 11) is 4.15. The summed E-state index contributed by atoms with van der Waals surface area (Å²) in [5, 5.41) is 0.698. The number of aromatic amines is 1. The zero-order valence-corrected chi connectivity index (χ0v) is 13.5. The Bertz CT molecular complexity index is 689. The predicted molar refractivity (Wildman–Crippen MR) is 91.5 cm³/mol. The van der Waals surface area contributed by atoms with Crippen LogP contribution < -0.4 is 0 Å². The van der Waals surface area contributed by atoms with Gasteiger partial charge in [0.2, 0.25) is 0 Å². The predicted octanol–water partition coefficient (Wildman–Crippen LogP) is 3.52. The fourth-order valence-electron chi connectivity index (χ4n) is 2.76. The van der Waals surface area contributed by atoms with Crippen LogP contribution in [0, 0.1) is 0 Å². The summed E-state index contributed by atoms with van der Waals surface area (Å²) in [5.74, 6) is 0.817. The lowest BCUT2D eigenvalue weighted by molar-refractivity contribution is 0.356. The van der Waals surface area contributed by atoms with Gasteiger partial charge >= 0.3 is 0 Å². The van der Waals surface area contributed by atoms with E-state index in [0.29, 0.717) is 5.02 Å². The maximum atomic E-state index is 6.21. The van der Waals surface area contributed by atoms with Gasteiger partial charge in [-0.25, -0.2) is 4.98 Å². The van der Waals surface area contributed by atoms with Crippen LogP contribution >= 0.6 is 11.6 Å². The van der Waals surface area contributed by atoms with Crippen molar-refractivity contribution in [2.24, 2.45) is 4.99 Å². The molecule has 1 unspecified atom stereocenters. The van der Waals surface area contributed by atoms with Crippen molar-refractivity contribution in [2.45, 2.75) is 12.0 Å². The first-order valence-electron chi connectivity index (χ1n) is 7.28. The van der Waals surface area contributed by atoms with Crippen molar-refractivity contribution in [1.82, 2.24) is 14.9 Å². The summed E-state index contributed by atoms with van der Waals surface area (Å²) in [4.78, 5) is 14.5. The summed E-state index contributed by atoms with van der Waals surface area (Å²) in [6.45, 7) is 0.946. The minimum Gasteiger partial charge on any atom is -0.345 e. The normalized spacial score (nSPS) is 20.2. The van der Waals surface area contributed by atoms with Gasteiger partial charge < -0.3 is 9.88 Å². The zero-order chi connectivity index (χ0) is 15.6. The number of allylic oxidation sites excluding steroid dienone is 1. The van der Waals surface area contributed by atoms with Crippen molar-refractivity contribution in [2.75, 3.05) is 20.6 Å². The first kappa shape index (κ1) is 15.0. The second kappa shape index (κ2) is 6.07. The van der Waals surface area contributed by atoms with Crippen molar-refractivity contribution in [3.63, 3.8) is 0 Å². The van der Waals surface area contributed by atoms with Crippen molar-refractivity contribution in [1.29, 1.82) is 0 Å². The van der Waals surface area contributed by atoms with Crippen molar-refractivity contribution < 1.29 is 0 Å². The van der Waals surface area contributed by atoms with Crippen molar-refractivity contribution in [3.8, 4) is 11.4 Å². The number of H-pyrrole nitrogens is 1. The van der Waals surface area contributed by atoms with Gasteiger partial charge in [-0.1, -0.05) is 23.7 Å². The van der Waals surface area contributed by atoms with Crippen LogP contribution in [-0.4, -0.2) is 41.7 Å². The molecule has 5 heteroatoms. The van der Waals surface area contributed by atoms with Gasteiger partial charge in [0.1, 0.15) is 11.4 Å². The minimum atomic E-state index is -0.350. The highest BCUT2D eigenvalue weighted by Gasteiger charge is 2.33. The lowest BCUT2D eigenvalue weighted by atomic mass is 9.84. The Balaban J connectivity index is 2.09. The summed E-state index contributed by atoms with van der Waals surface area (Å²) >= 11 is 6.21. The quantitative estimate of drug-likeness (QED) is 0.917. The van der Waals surface area contributed by atoms with Gasteiger partial charge in [-0.05, 0) is 44.3 Å². The molecule has 0 aliphatic carbocycles. The third-order valence-corrected chi connectivity index (χ3v) is 4.14. The first-order chi connectivity index (χ1) is 10.6. The number of nitrogens with zero attached hydrogens (tertiary/aromatic N) is 3. The number of nitrogens with one attached hydrogen (secondary N) is 1. The van der Waals surface area contributed by atoms with Crippen LogP contribution in [0.2, 0.25) is 5.02 Å². The molecular formula is C17H19ClN4. The molecule has 0 spiro atoms. The summed E-state index contributed by atoms with van der Waals surface area (Å²) in [6.07, 6.45) is 10.5. The molecule has 1 N–H and O–H groups in total. The van der Waals surface area contributed by atoms with Crippen molar-refractivity contribution in [3.05, 3.63) is 53.3 Å². The number of halogens is 1. The Kier molecular flexibility index (Phi) is 4.14. The molecule has 114 valence electrons. The van der Waals surface area contributed by atoms with E-state index in [-0.39, 0.29) is 5.54 Å². The smallest absolute Gasteiger partial charge is 0.137 e. The molecule has 0 amide bonds. The highest BCUT2D eigenvalue weighted by molar-refractivity contribution is 6.30. The number of hydrogen-bond acceptors (Lipinski definition) is 3. The van der Waals surface area contributed by atoms with E-state index in [2.05, 4.69) is 41.1 Å². The molecule has 4 nitrogen and oxygen atoms in total. The van der Waals surface area contributed by atoms with Gasteiger partial charge in [0, 0.05) is 35.7 Å². The molecule has 0 radical (unpaired) electrons. The summed E-state index contributed by atoms with van der Waals surface area (Å²) in [6, 6.07) is 5.93. The molecule has 3 rings (SSSR count). The second-order valence-electron chi connectivity index (χ2n) is 5.74. The Labute approximate surface area is 135 Å². The Hall–Kier alpha value is -1.91. The number of benzene rings is 1. The molecule has 2 heterocycles. The standard InChI is InChI=1S/C17H19ClN4/c1-22(2)11-7-17(6-3-8-21-17)15-5-4-13(18)12-14(15)16-19-9-10-20-16/h3-6,8-10,12H,7,11H2,1-2H3,(H,19,20). The molecule has 0 bridgehead atoms. The Morgan fingerprint density at radius 1 is 1.32 bits per heavy atom. The van der Waals surface area contributed by atoms with E-state index in [1.807, 2.05) is 30.6 Å². The van der Waals surface area contributed by atoms with Crippen LogP contribution in [0.5, 0.6) is 0 Å². The zero-order valence-electron chi connectivity index (χ0n) is 12.8. The third kappa shape index (κ3) is 2.85. The van der Waals surface area contributed by atoms with Gasteiger partial charge in [0.05, 0.1) is 0 Å². The summed E-state index contributed by atoms with van der Waals surface area (Å²) < 4.78 is 0. The Morgan fingerprint density at radius 3 is 2.82 bits per heavy atom. The lowest BCUT2D eigenvalue weighted by Crippen LogP contribution is -2.26. The molecule has 1 atom stereocenters. The van der Waals surface area contributed by atoms with Crippen LogP contribution in [0.25, 0.3) is 11.4 Å². The molecule has 1 aromatic heterocycles. The van der Waals surface area contributed by atoms with E-state index in [0.717, 1.165) is 29.9 Å². The first-order valence-corrected chi connectivity index (χ1v) is 7.66. The molecular weight excluding hydrogens is 296 g/mol. The van der Waals surface area contributed by atoms with E-state index in [1.54, 1.807) is 6.20 Å². The fraction of sp³-hybridized carbons (Fsp3) is 0.294. The van der Waals surface area contributed by atoms with Gasteiger partial charge in [-0.3, -0.25) is 4.99 Å². The third-order valence-electron chi connectivity index (χ3n) is 3.90. The van der Waals surface area contributed by atoms with Gasteiger partial charge in [0.15, 0.2) is 0 Å². The van der Waals surface area contributed by atoms with Gasteiger partial charge in [0.25, 0.3) is 0 Å². The lowest BCUT2D eigenvalue weighted by Gasteiger charge is -2.28. The molecule has 0 saturated heterocycles. The Morgan fingerprint density at radius 2 is 2.18 bits per heavy atom. The largest absolute Gasteiger partial charge is 0.345 e. The van der Waals surface area contributed by atoms with Crippen LogP contribution in [0.4, 0.5) is 0 Å². The van der Waals surface area contributed by atoms with E-state index < -0.39 is 0 Å². The number of rotatable bonds is 5. The molecule has 1 aliphatic heterocycles. The molecule has 2 aromatic rings.